The van der Waals surface area contributed by atoms with Gasteiger partial charge in [-0.2, -0.15) is 0 Å². The van der Waals surface area contributed by atoms with Crippen LogP contribution >= 0.6 is 15.9 Å². The van der Waals surface area contributed by atoms with Gasteiger partial charge >= 0.3 is 5.97 Å². The largest absolute Gasteiger partial charge is 0.452 e. The first-order valence-electron chi connectivity index (χ1n) is 8.66. The van der Waals surface area contributed by atoms with E-state index in [0.29, 0.717) is 5.69 Å². The summed E-state index contributed by atoms with van der Waals surface area (Å²) in [5, 5.41) is 2.74. The number of rotatable bonds is 5. The summed E-state index contributed by atoms with van der Waals surface area (Å²) in [4.78, 5) is 49.0. The molecule has 0 saturated carbocycles. The summed E-state index contributed by atoms with van der Waals surface area (Å²) in [6.45, 7) is 3.25. The summed E-state index contributed by atoms with van der Waals surface area (Å²) in [6.07, 6.45) is 2.31. The Morgan fingerprint density at radius 2 is 1.66 bits per heavy atom. The smallest absolute Gasteiger partial charge is 0.338 e. The van der Waals surface area contributed by atoms with Crippen LogP contribution in [0.2, 0.25) is 0 Å². The number of halogens is 1. The van der Waals surface area contributed by atoms with Gasteiger partial charge in [0.15, 0.2) is 6.61 Å². The Hall–Kier alpha value is -3.26. The van der Waals surface area contributed by atoms with Gasteiger partial charge in [-0.25, -0.2) is 9.69 Å². The fourth-order valence-corrected chi connectivity index (χ4v) is 3.61. The second-order valence-electron chi connectivity index (χ2n) is 6.43. The zero-order chi connectivity index (χ0) is 21.1. The van der Waals surface area contributed by atoms with Crippen LogP contribution in [0.25, 0.3) is 0 Å². The van der Waals surface area contributed by atoms with Crippen molar-refractivity contribution < 1.29 is 23.9 Å². The van der Waals surface area contributed by atoms with Crippen molar-refractivity contribution in [3.05, 3.63) is 69.7 Å². The average Bonchev–Trinajstić information content (AvgIpc) is 3.01. The van der Waals surface area contributed by atoms with Crippen molar-refractivity contribution in [3.63, 3.8) is 0 Å². The minimum Gasteiger partial charge on any atom is -0.452 e. The Bertz CT molecular complexity index is 1020. The van der Waals surface area contributed by atoms with Crippen LogP contribution in [-0.2, 0) is 19.1 Å². The van der Waals surface area contributed by atoms with Crippen LogP contribution in [-0.4, -0.2) is 30.3 Å². The van der Waals surface area contributed by atoms with E-state index in [1.165, 1.54) is 24.3 Å². The van der Waals surface area contributed by atoms with Crippen LogP contribution in [0, 0.1) is 13.8 Å². The molecule has 2 aromatic rings. The summed E-state index contributed by atoms with van der Waals surface area (Å²) in [6, 6.07) is 9.65. The molecule has 0 spiro atoms. The molecule has 0 saturated heterocycles. The van der Waals surface area contributed by atoms with Crippen LogP contribution in [0.5, 0.6) is 0 Å². The van der Waals surface area contributed by atoms with E-state index in [0.717, 1.165) is 32.7 Å². The lowest BCUT2D eigenvalue weighted by Crippen LogP contribution is -2.29. The van der Waals surface area contributed by atoms with Gasteiger partial charge in [0.1, 0.15) is 0 Å². The molecular weight excluding hydrogens is 440 g/mol. The van der Waals surface area contributed by atoms with Crippen molar-refractivity contribution >= 4 is 51.0 Å². The number of nitrogens with zero attached hydrogens (tertiary/aromatic N) is 1. The van der Waals surface area contributed by atoms with Gasteiger partial charge in [-0.1, -0.05) is 22.0 Å². The molecule has 7 nitrogen and oxygen atoms in total. The van der Waals surface area contributed by atoms with Crippen molar-refractivity contribution in [2.75, 3.05) is 16.8 Å². The lowest BCUT2D eigenvalue weighted by atomic mass is 10.1. The second-order valence-corrected chi connectivity index (χ2v) is 7.35. The Morgan fingerprint density at radius 3 is 2.28 bits per heavy atom. The van der Waals surface area contributed by atoms with Crippen molar-refractivity contribution in [3.8, 4) is 0 Å². The zero-order valence-electron chi connectivity index (χ0n) is 15.7. The molecule has 1 aliphatic rings. The molecule has 2 aromatic carbocycles. The highest BCUT2D eigenvalue weighted by molar-refractivity contribution is 9.10. The number of hydrogen-bond donors (Lipinski definition) is 1. The standard InChI is InChI=1S/C21H17BrN2O5/c1-12-8-15(22)9-13(2)20(12)23-17(25)11-29-21(28)14-4-3-5-16(10-14)24-18(26)6-7-19(24)27/h3-10H,11H2,1-2H3,(H,23,25). The maximum atomic E-state index is 12.3. The van der Waals surface area contributed by atoms with Gasteiger partial charge in [0.05, 0.1) is 11.3 Å². The van der Waals surface area contributed by atoms with Crippen molar-refractivity contribution in [1.82, 2.24) is 0 Å². The molecule has 1 N–H and O–H groups in total. The lowest BCUT2D eigenvalue weighted by molar-refractivity contribution is -0.120. The number of carbonyl (C=O) groups excluding carboxylic acids is 4. The summed E-state index contributed by atoms with van der Waals surface area (Å²) in [5.41, 5.74) is 2.79. The number of ether oxygens (including phenoxy) is 1. The number of amides is 3. The van der Waals surface area contributed by atoms with E-state index < -0.39 is 30.3 Å². The molecule has 3 amide bonds. The minimum absolute atomic E-state index is 0.124. The molecule has 29 heavy (non-hydrogen) atoms. The maximum absolute atomic E-state index is 12.3. The summed E-state index contributed by atoms with van der Waals surface area (Å²) in [7, 11) is 0. The topological polar surface area (TPSA) is 92.8 Å². The second kappa shape index (κ2) is 8.40. The monoisotopic (exact) mass is 456 g/mol. The van der Waals surface area contributed by atoms with E-state index in [9.17, 15) is 19.2 Å². The van der Waals surface area contributed by atoms with Gasteiger partial charge in [-0.15, -0.1) is 0 Å². The number of anilines is 2. The Kier molecular flexibility index (Phi) is 5.93. The minimum atomic E-state index is -0.738. The average molecular weight is 457 g/mol. The molecule has 0 unspecified atom stereocenters. The SMILES string of the molecule is Cc1cc(Br)cc(C)c1NC(=O)COC(=O)c1cccc(N2C(=O)C=CC2=O)c1. The van der Waals surface area contributed by atoms with Crippen LogP contribution < -0.4 is 10.2 Å². The predicted octanol–water partition coefficient (Wildman–Crippen LogP) is 3.29. The van der Waals surface area contributed by atoms with E-state index >= 15 is 0 Å². The van der Waals surface area contributed by atoms with Crippen molar-refractivity contribution in [2.24, 2.45) is 0 Å². The summed E-state index contributed by atoms with van der Waals surface area (Å²) < 4.78 is 5.98. The zero-order valence-corrected chi connectivity index (χ0v) is 17.3. The molecule has 3 rings (SSSR count). The number of nitrogens with one attached hydrogen (secondary N) is 1. The van der Waals surface area contributed by atoms with Gasteiger partial charge in [-0.05, 0) is 55.3 Å². The van der Waals surface area contributed by atoms with E-state index in [-0.39, 0.29) is 11.3 Å². The maximum Gasteiger partial charge on any atom is 0.338 e. The Balaban J connectivity index is 1.64. The fourth-order valence-electron chi connectivity index (χ4n) is 2.92. The van der Waals surface area contributed by atoms with Gasteiger partial charge in [0.25, 0.3) is 17.7 Å². The van der Waals surface area contributed by atoms with Crippen LogP contribution in [0.15, 0.2) is 53.0 Å². The summed E-state index contributed by atoms with van der Waals surface area (Å²) >= 11 is 3.40. The molecule has 148 valence electrons. The first-order chi connectivity index (χ1) is 13.8. The number of aryl methyl sites for hydroxylation is 2. The van der Waals surface area contributed by atoms with E-state index in [2.05, 4.69) is 21.2 Å². The molecule has 0 bridgehead atoms. The molecule has 1 aliphatic heterocycles. The van der Waals surface area contributed by atoms with Crippen LogP contribution in [0.1, 0.15) is 21.5 Å². The van der Waals surface area contributed by atoms with E-state index in [1.54, 1.807) is 0 Å². The highest BCUT2D eigenvalue weighted by atomic mass is 79.9. The lowest BCUT2D eigenvalue weighted by Gasteiger charge is -2.15. The van der Waals surface area contributed by atoms with Crippen LogP contribution in [0.3, 0.4) is 0 Å². The molecule has 0 atom stereocenters. The third kappa shape index (κ3) is 4.60. The predicted molar refractivity (Wildman–Crippen MR) is 111 cm³/mol. The highest BCUT2D eigenvalue weighted by Crippen LogP contribution is 2.25. The molecule has 0 fully saturated rings. The van der Waals surface area contributed by atoms with Gasteiger partial charge in [0.2, 0.25) is 0 Å². The van der Waals surface area contributed by atoms with E-state index in [1.807, 2.05) is 26.0 Å². The first-order valence-corrected chi connectivity index (χ1v) is 9.45. The number of carbonyl (C=O) groups is 4. The molecule has 0 aromatic heterocycles. The molecule has 1 heterocycles. The normalized spacial score (nSPS) is 13.0. The highest BCUT2D eigenvalue weighted by Gasteiger charge is 2.25. The third-order valence-electron chi connectivity index (χ3n) is 4.25. The van der Waals surface area contributed by atoms with E-state index in [4.69, 9.17) is 4.74 Å². The molecular formula is C21H17BrN2O5. The fraction of sp³-hybridized carbons (Fsp3) is 0.143. The van der Waals surface area contributed by atoms with Crippen LogP contribution in [0.4, 0.5) is 11.4 Å². The number of imide groups is 1. The molecule has 0 radical (unpaired) electrons. The Labute approximate surface area is 175 Å². The van der Waals surface area contributed by atoms with Crippen molar-refractivity contribution in [1.29, 1.82) is 0 Å². The first kappa shape index (κ1) is 20.5. The van der Waals surface area contributed by atoms with Gasteiger partial charge < -0.3 is 10.1 Å². The van der Waals surface area contributed by atoms with Gasteiger partial charge in [-0.3, -0.25) is 14.4 Å². The van der Waals surface area contributed by atoms with Crippen molar-refractivity contribution in [2.45, 2.75) is 13.8 Å². The third-order valence-corrected chi connectivity index (χ3v) is 4.70. The number of hydrogen-bond acceptors (Lipinski definition) is 5. The summed E-state index contributed by atoms with van der Waals surface area (Å²) in [5.74, 6) is -2.18. The molecule has 8 heteroatoms. The van der Waals surface area contributed by atoms with Gasteiger partial charge in [0, 0.05) is 22.3 Å². The number of esters is 1. The molecule has 0 aliphatic carbocycles. The number of benzene rings is 2. The quantitative estimate of drug-likeness (QED) is 0.550. The Morgan fingerprint density at radius 1 is 1.03 bits per heavy atom.